The lowest BCUT2D eigenvalue weighted by atomic mass is 10.4. The SMILES string of the molecule is CCCCS(=O)(=O)N[C@@H](C)c1nnc(S(C)(=O)=O)o1. The number of sulfone groups is 1. The summed E-state index contributed by atoms with van der Waals surface area (Å²) in [6.45, 7) is 3.39. The molecule has 10 heteroatoms. The van der Waals surface area contributed by atoms with Crippen molar-refractivity contribution in [2.75, 3.05) is 12.0 Å². The predicted molar refractivity (Wildman–Crippen MR) is 67.7 cm³/mol. The molecule has 0 bridgehead atoms. The van der Waals surface area contributed by atoms with E-state index >= 15 is 0 Å². The van der Waals surface area contributed by atoms with E-state index in [0.717, 1.165) is 12.7 Å². The lowest BCUT2D eigenvalue weighted by Gasteiger charge is -2.09. The number of aromatic nitrogens is 2. The van der Waals surface area contributed by atoms with E-state index in [1.165, 1.54) is 6.92 Å². The Morgan fingerprint density at radius 1 is 1.26 bits per heavy atom. The second-order valence-corrected chi connectivity index (χ2v) is 7.96. The lowest BCUT2D eigenvalue weighted by Crippen LogP contribution is -2.29. The van der Waals surface area contributed by atoms with Crippen molar-refractivity contribution in [1.29, 1.82) is 0 Å². The van der Waals surface area contributed by atoms with Crippen LogP contribution in [-0.2, 0) is 19.9 Å². The minimum absolute atomic E-state index is 0.000903. The fourth-order valence-electron chi connectivity index (χ4n) is 1.26. The lowest BCUT2D eigenvalue weighted by molar-refractivity contribution is 0.373. The van der Waals surface area contributed by atoms with Gasteiger partial charge in [0.15, 0.2) is 0 Å². The van der Waals surface area contributed by atoms with E-state index < -0.39 is 31.1 Å². The fourth-order valence-corrected chi connectivity index (χ4v) is 3.11. The highest BCUT2D eigenvalue weighted by atomic mass is 32.2. The van der Waals surface area contributed by atoms with Crippen molar-refractivity contribution in [2.45, 2.75) is 38.0 Å². The highest BCUT2D eigenvalue weighted by Crippen LogP contribution is 2.15. The van der Waals surface area contributed by atoms with E-state index in [9.17, 15) is 16.8 Å². The van der Waals surface area contributed by atoms with Crippen LogP contribution < -0.4 is 4.72 Å². The van der Waals surface area contributed by atoms with Gasteiger partial charge in [0.2, 0.25) is 25.8 Å². The molecule has 1 rings (SSSR count). The van der Waals surface area contributed by atoms with Gasteiger partial charge in [-0.15, -0.1) is 5.10 Å². The van der Waals surface area contributed by atoms with Crippen molar-refractivity contribution < 1.29 is 21.3 Å². The zero-order valence-corrected chi connectivity index (χ0v) is 12.6. The van der Waals surface area contributed by atoms with Crippen LogP contribution in [-0.4, -0.2) is 39.0 Å². The third-order valence-electron chi connectivity index (χ3n) is 2.23. The highest BCUT2D eigenvalue weighted by Gasteiger charge is 2.23. The molecule has 0 aliphatic rings. The van der Waals surface area contributed by atoms with Crippen molar-refractivity contribution >= 4 is 19.9 Å². The third-order valence-corrected chi connectivity index (χ3v) is 4.57. The topological polar surface area (TPSA) is 119 Å². The Hall–Kier alpha value is -1.00. The Balaban J connectivity index is 2.79. The minimum Gasteiger partial charge on any atom is -0.411 e. The van der Waals surface area contributed by atoms with E-state index in [1.807, 2.05) is 6.92 Å². The maximum absolute atomic E-state index is 11.7. The van der Waals surface area contributed by atoms with Gasteiger partial charge in [-0.1, -0.05) is 18.4 Å². The molecule has 0 radical (unpaired) electrons. The van der Waals surface area contributed by atoms with Crippen LogP contribution in [0.3, 0.4) is 0 Å². The van der Waals surface area contributed by atoms with Crippen molar-refractivity contribution in [3.8, 4) is 0 Å². The smallest absolute Gasteiger partial charge is 0.335 e. The predicted octanol–water partition coefficient (Wildman–Crippen LogP) is 0.254. The Kier molecular flexibility index (Phi) is 5.04. The van der Waals surface area contributed by atoms with Crippen LogP contribution >= 0.6 is 0 Å². The van der Waals surface area contributed by atoms with Crippen LogP contribution in [0.15, 0.2) is 9.64 Å². The molecule has 0 aromatic carbocycles. The number of nitrogens with one attached hydrogen (secondary N) is 1. The maximum atomic E-state index is 11.7. The van der Waals surface area contributed by atoms with E-state index in [-0.39, 0.29) is 11.6 Å². The first-order chi connectivity index (χ1) is 8.65. The van der Waals surface area contributed by atoms with E-state index in [2.05, 4.69) is 14.9 Å². The summed E-state index contributed by atoms with van der Waals surface area (Å²) >= 11 is 0. The first-order valence-corrected chi connectivity index (χ1v) is 9.23. The van der Waals surface area contributed by atoms with Gasteiger partial charge in [-0.2, -0.15) is 0 Å². The molecule has 0 unspecified atom stereocenters. The zero-order chi connectivity index (χ0) is 14.7. The number of rotatable bonds is 7. The molecule has 1 aromatic rings. The largest absolute Gasteiger partial charge is 0.411 e. The Morgan fingerprint density at radius 2 is 1.89 bits per heavy atom. The molecule has 1 N–H and O–H groups in total. The van der Waals surface area contributed by atoms with E-state index in [1.54, 1.807) is 0 Å². The molecule has 0 saturated heterocycles. The molecule has 8 nitrogen and oxygen atoms in total. The van der Waals surface area contributed by atoms with Crippen molar-refractivity contribution in [3.05, 3.63) is 5.89 Å². The molecule has 0 fully saturated rings. The molecule has 0 saturated carbocycles. The first-order valence-electron chi connectivity index (χ1n) is 5.69. The monoisotopic (exact) mass is 311 g/mol. The molecular formula is C9H17N3O5S2. The van der Waals surface area contributed by atoms with Gasteiger partial charge in [0.05, 0.1) is 11.8 Å². The summed E-state index contributed by atoms with van der Waals surface area (Å²) in [5, 5.41) is 6.36. The molecular weight excluding hydrogens is 294 g/mol. The Bertz CT molecular complexity index is 620. The molecule has 110 valence electrons. The summed E-state index contributed by atoms with van der Waals surface area (Å²) in [7, 11) is -7.04. The van der Waals surface area contributed by atoms with Crippen molar-refractivity contribution in [3.63, 3.8) is 0 Å². The second kappa shape index (κ2) is 5.97. The summed E-state index contributed by atoms with van der Waals surface area (Å²) < 4.78 is 52.9. The van der Waals surface area contributed by atoms with Crippen LogP contribution in [0.1, 0.15) is 38.6 Å². The van der Waals surface area contributed by atoms with Crippen LogP contribution in [0.5, 0.6) is 0 Å². The average molecular weight is 311 g/mol. The fraction of sp³-hybridized carbons (Fsp3) is 0.778. The molecule has 0 spiro atoms. The Labute approximate surface area is 112 Å². The number of sulfonamides is 1. The molecule has 0 aliphatic carbocycles. The van der Waals surface area contributed by atoms with Crippen LogP contribution in [0.25, 0.3) is 0 Å². The van der Waals surface area contributed by atoms with Crippen LogP contribution in [0, 0.1) is 0 Å². The van der Waals surface area contributed by atoms with Gasteiger partial charge < -0.3 is 4.42 Å². The zero-order valence-electron chi connectivity index (χ0n) is 11.0. The van der Waals surface area contributed by atoms with Gasteiger partial charge >= 0.3 is 5.22 Å². The summed E-state index contributed by atoms with van der Waals surface area (Å²) in [5.41, 5.74) is 0. The van der Waals surface area contributed by atoms with Gasteiger partial charge in [0.25, 0.3) is 0 Å². The third kappa shape index (κ3) is 4.88. The van der Waals surface area contributed by atoms with E-state index in [4.69, 9.17) is 4.42 Å². The van der Waals surface area contributed by atoms with Crippen molar-refractivity contribution in [2.24, 2.45) is 0 Å². The maximum Gasteiger partial charge on any atom is 0.335 e. The molecule has 1 aromatic heterocycles. The second-order valence-electron chi connectivity index (χ2n) is 4.19. The van der Waals surface area contributed by atoms with Crippen LogP contribution in [0.4, 0.5) is 0 Å². The number of nitrogens with zero attached hydrogens (tertiary/aromatic N) is 2. The summed E-state index contributed by atoms with van der Waals surface area (Å²) in [4.78, 5) is 0. The minimum atomic E-state index is -3.59. The quantitative estimate of drug-likeness (QED) is 0.766. The molecule has 19 heavy (non-hydrogen) atoms. The normalized spacial score (nSPS) is 14.5. The van der Waals surface area contributed by atoms with Crippen molar-refractivity contribution in [1.82, 2.24) is 14.9 Å². The van der Waals surface area contributed by atoms with Crippen LogP contribution in [0.2, 0.25) is 0 Å². The molecule has 0 aliphatic heterocycles. The van der Waals surface area contributed by atoms with Gasteiger partial charge in [-0.25, -0.2) is 21.6 Å². The molecule has 1 heterocycles. The molecule has 1 atom stereocenters. The first kappa shape index (κ1) is 16.1. The number of unbranched alkanes of at least 4 members (excludes halogenated alkanes) is 1. The van der Waals surface area contributed by atoms with E-state index in [0.29, 0.717) is 6.42 Å². The van der Waals surface area contributed by atoms with Gasteiger partial charge in [0, 0.05) is 6.26 Å². The summed E-state index contributed by atoms with van der Waals surface area (Å²) in [5.74, 6) is -0.0820. The standard InChI is InChI=1S/C9H17N3O5S2/c1-4-5-6-19(15,16)12-7(2)8-10-11-9(17-8)18(3,13)14/h7,12H,4-6H2,1-3H3/t7-/m0/s1. The Morgan fingerprint density at radius 3 is 2.37 bits per heavy atom. The molecule has 0 amide bonds. The van der Waals surface area contributed by atoms with Gasteiger partial charge in [-0.3, -0.25) is 0 Å². The average Bonchev–Trinajstić information content (AvgIpc) is 2.74. The number of hydrogen-bond acceptors (Lipinski definition) is 7. The number of hydrogen-bond donors (Lipinski definition) is 1. The van der Waals surface area contributed by atoms with Gasteiger partial charge in [0.1, 0.15) is 0 Å². The summed E-state index contributed by atoms with van der Waals surface area (Å²) in [6, 6.07) is -0.773. The van der Waals surface area contributed by atoms with Gasteiger partial charge in [-0.05, 0) is 13.3 Å². The summed E-state index contributed by atoms with van der Waals surface area (Å²) in [6.07, 6.45) is 2.23. The highest BCUT2D eigenvalue weighted by molar-refractivity contribution is 7.90.